The number of hydrogen-bond acceptors (Lipinski definition) is 3. The number of fused-ring (bicyclic) bond motifs is 1. The normalized spacial score (nSPS) is 10.5. The number of oxazole rings is 1. The minimum Gasteiger partial charge on any atom is -0.441 e. The Kier molecular flexibility index (Phi) is 1.33. The molecule has 10 heavy (non-hydrogen) atoms. The lowest BCUT2D eigenvalue weighted by molar-refractivity contribution is 0.600. The van der Waals surface area contributed by atoms with Gasteiger partial charge in [-0.15, -0.1) is 0 Å². The maximum absolute atomic E-state index is 5.07. The zero-order valence-electron chi connectivity index (χ0n) is 4.91. The summed E-state index contributed by atoms with van der Waals surface area (Å²) in [5.74, 6) is 0. The Bertz CT molecular complexity index is 357. The van der Waals surface area contributed by atoms with Crippen LogP contribution in [0.15, 0.2) is 23.1 Å². The molecule has 0 atom stereocenters. The maximum Gasteiger partial charge on any atom is 0.199 e. The molecule has 0 spiro atoms. The van der Waals surface area contributed by atoms with Crippen molar-refractivity contribution in [2.24, 2.45) is 0 Å². The van der Waals surface area contributed by atoms with Crippen LogP contribution in [-0.2, 0) is 0 Å². The molecule has 3 nitrogen and oxygen atoms in total. The third-order valence-corrected chi connectivity index (χ3v) is 2.03. The molecule has 0 bridgehead atoms. The largest absolute Gasteiger partial charge is 0.441 e. The van der Waals surface area contributed by atoms with E-state index in [1.54, 1.807) is 6.20 Å². The van der Waals surface area contributed by atoms with Gasteiger partial charge in [-0.25, -0.2) is 4.98 Å². The summed E-state index contributed by atoms with van der Waals surface area (Å²) >= 11 is 2.18. The molecule has 0 aliphatic rings. The van der Waals surface area contributed by atoms with Crippen LogP contribution in [0.2, 0.25) is 0 Å². The van der Waals surface area contributed by atoms with Gasteiger partial charge in [0.15, 0.2) is 17.6 Å². The fourth-order valence-electron chi connectivity index (χ4n) is 0.744. The van der Waals surface area contributed by atoms with Crippen molar-refractivity contribution in [3.63, 3.8) is 0 Å². The molecule has 2 aromatic heterocycles. The van der Waals surface area contributed by atoms with E-state index in [1.807, 2.05) is 6.07 Å². The summed E-state index contributed by atoms with van der Waals surface area (Å²) in [4.78, 5) is 7.89. The lowest BCUT2D eigenvalue weighted by Gasteiger charge is -1.86. The van der Waals surface area contributed by atoms with Crippen LogP contribution in [0, 0.1) is 3.57 Å². The zero-order chi connectivity index (χ0) is 6.97. The maximum atomic E-state index is 5.07. The van der Waals surface area contributed by atoms with Crippen LogP contribution in [-0.4, -0.2) is 9.97 Å². The number of nitrogens with zero attached hydrogens (tertiary/aromatic N) is 2. The smallest absolute Gasteiger partial charge is 0.199 e. The quantitative estimate of drug-likeness (QED) is 0.665. The number of hydrogen-bond donors (Lipinski definition) is 0. The van der Waals surface area contributed by atoms with Gasteiger partial charge in [0.05, 0.1) is 3.57 Å². The summed E-state index contributed by atoms with van der Waals surface area (Å²) in [5.41, 5.74) is 1.44. The first kappa shape index (κ1) is 6.09. The van der Waals surface area contributed by atoms with Crippen molar-refractivity contribution in [1.29, 1.82) is 0 Å². The molecule has 0 saturated carbocycles. The highest BCUT2D eigenvalue weighted by Gasteiger charge is 2.01. The average Bonchev–Trinajstić information content (AvgIpc) is 2.36. The summed E-state index contributed by atoms with van der Waals surface area (Å²) in [7, 11) is 0. The van der Waals surface area contributed by atoms with E-state index in [9.17, 15) is 0 Å². The zero-order valence-corrected chi connectivity index (χ0v) is 7.07. The summed E-state index contributed by atoms with van der Waals surface area (Å²) < 4.78 is 6.11. The van der Waals surface area contributed by atoms with E-state index in [2.05, 4.69) is 32.6 Å². The third kappa shape index (κ3) is 0.792. The lowest BCUT2D eigenvalue weighted by atomic mass is 10.5. The van der Waals surface area contributed by atoms with E-state index in [-0.39, 0.29) is 0 Å². The van der Waals surface area contributed by atoms with Crippen LogP contribution in [0.1, 0.15) is 0 Å². The molecular weight excluding hydrogens is 243 g/mol. The van der Waals surface area contributed by atoms with Crippen LogP contribution < -0.4 is 0 Å². The van der Waals surface area contributed by atoms with Crippen molar-refractivity contribution >= 4 is 33.8 Å². The molecular formula is C6H3IN2O. The van der Waals surface area contributed by atoms with Gasteiger partial charge < -0.3 is 4.42 Å². The summed E-state index contributed by atoms with van der Waals surface area (Å²) in [5, 5.41) is 0. The Labute approximate surface area is 70.6 Å². The fraction of sp³-hybridized carbons (Fsp3) is 0. The van der Waals surface area contributed by atoms with Crippen molar-refractivity contribution in [2.45, 2.75) is 0 Å². The molecule has 0 saturated heterocycles. The van der Waals surface area contributed by atoms with Crippen LogP contribution in [0.3, 0.4) is 0 Å². The Morgan fingerprint density at radius 3 is 3.10 bits per heavy atom. The minimum absolute atomic E-state index is 0.673. The van der Waals surface area contributed by atoms with Crippen molar-refractivity contribution in [1.82, 2.24) is 9.97 Å². The highest BCUT2D eigenvalue weighted by molar-refractivity contribution is 14.1. The predicted octanol–water partition coefficient (Wildman–Crippen LogP) is 1.83. The topological polar surface area (TPSA) is 38.9 Å². The van der Waals surface area contributed by atoms with Crippen molar-refractivity contribution in [3.05, 3.63) is 22.2 Å². The minimum atomic E-state index is 0.673. The van der Waals surface area contributed by atoms with Gasteiger partial charge >= 0.3 is 0 Å². The van der Waals surface area contributed by atoms with Gasteiger partial charge in [0.2, 0.25) is 0 Å². The van der Waals surface area contributed by atoms with E-state index < -0.39 is 0 Å². The van der Waals surface area contributed by atoms with Crippen molar-refractivity contribution in [3.8, 4) is 0 Å². The number of aromatic nitrogens is 2. The van der Waals surface area contributed by atoms with Crippen LogP contribution >= 0.6 is 22.6 Å². The van der Waals surface area contributed by atoms with Gasteiger partial charge in [0, 0.05) is 6.20 Å². The molecule has 2 aromatic rings. The molecule has 0 aliphatic heterocycles. The van der Waals surface area contributed by atoms with E-state index in [4.69, 9.17) is 4.42 Å². The molecule has 50 valence electrons. The van der Waals surface area contributed by atoms with Gasteiger partial charge in [-0.2, -0.15) is 4.98 Å². The standard InChI is InChI=1S/C6H3IN2O/c7-4-1-2-8-6-5(4)10-3-9-6/h1-3H. The van der Waals surface area contributed by atoms with E-state index in [1.165, 1.54) is 6.39 Å². The van der Waals surface area contributed by atoms with Gasteiger partial charge in [0.1, 0.15) is 0 Å². The van der Waals surface area contributed by atoms with Crippen LogP contribution in [0.4, 0.5) is 0 Å². The average molecular weight is 246 g/mol. The van der Waals surface area contributed by atoms with Crippen LogP contribution in [0.5, 0.6) is 0 Å². The second-order valence-electron chi connectivity index (χ2n) is 1.80. The molecule has 0 radical (unpaired) electrons. The first-order valence-electron chi connectivity index (χ1n) is 2.71. The Hall–Kier alpha value is -0.650. The predicted molar refractivity (Wildman–Crippen MR) is 44.5 cm³/mol. The van der Waals surface area contributed by atoms with E-state index in [0.717, 1.165) is 9.15 Å². The Morgan fingerprint density at radius 1 is 1.40 bits per heavy atom. The first-order valence-corrected chi connectivity index (χ1v) is 3.79. The van der Waals surface area contributed by atoms with Gasteiger partial charge in [-0.05, 0) is 28.7 Å². The molecule has 0 N–H and O–H groups in total. The molecule has 0 aromatic carbocycles. The molecule has 0 fully saturated rings. The van der Waals surface area contributed by atoms with Crippen molar-refractivity contribution < 1.29 is 4.42 Å². The molecule has 0 aliphatic carbocycles. The molecule has 0 amide bonds. The van der Waals surface area contributed by atoms with Crippen molar-refractivity contribution in [2.75, 3.05) is 0 Å². The third-order valence-electron chi connectivity index (χ3n) is 1.18. The summed E-state index contributed by atoms with van der Waals surface area (Å²) in [6.07, 6.45) is 3.12. The summed E-state index contributed by atoms with van der Waals surface area (Å²) in [6.45, 7) is 0. The summed E-state index contributed by atoms with van der Waals surface area (Å²) in [6, 6.07) is 1.88. The van der Waals surface area contributed by atoms with Gasteiger partial charge in [-0.1, -0.05) is 0 Å². The first-order chi connectivity index (χ1) is 4.88. The number of rotatable bonds is 0. The second-order valence-corrected chi connectivity index (χ2v) is 2.96. The highest BCUT2D eigenvalue weighted by Crippen LogP contribution is 2.15. The SMILES string of the molecule is Ic1ccnc2ncoc12. The molecule has 2 heterocycles. The second kappa shape index (κ2) is 2.19. The van der Waals surface area contributed by atoms with Crippen LogP contribution in [0.25, 0.3) is 11.2 Å². The van der Waals surface area contributed by atoms with E-state index >= 15 is 0 Å². The fourth-order valence-corrected chi connectivity index (χ4v) is 1.27. The lowest BCUT2D eigenvalue weighted by Crippen LogP contribution is -1.76. The molecule has 4 heteroatoms. The van der Waals surface area contributed by atoms with Gasteiger partial charge in [0.25, 0.3) is 0 Å². The Balaban J connectivity index is 2.95. The molecule has 2 rings (SSSR count). The van der Waals surface area contributed by atoms with E-state index in [0.29, 0.717) is 5.65 Å². The number of pyridine rings is 1. The Morgan fingerprint density at radius 2 is 2.30 bits per heavy atom. The molecule has 0 unspecified atom stereocenters. The highest BCUT2D eigenvalue weighted by atomic mass is 127. The monoisotopic (exact) mass is 246 g/mol. The van der Waals surface area contributed by atoms with Gasteiger partial charge in [-0.3, -0.25) is 0 Å². The number of halogens is 1.